The predicted octanol–water partition coefficient (Wildman–Crippen LogP) is 7.64. The number of hydrogen-bond acceptors (Lipinski definition) is 1. The summed E-state index contributed by atoms with van der Waals surface area (Å²) >= 11 is 3.16. The van der Waals surface area contributed by atoms with Gasteiger partial charge in [-0.2, -0.15) is 0 Å². The highest BCUT2D eigenvalue weighted by atomic mass is 79.9. The van der Waals surface area contributed by atoms with Crippen LogP contribution in [0, 0.1) is 11.6 Å². The average Bonchev–Trinajstić information content (AvgIpc) is 2.76. The van der Waals surface area contributed by atoms with Gasteiger partial charge in [0.2, 0.25) is 0 Å². The van der Waals surface area contributed by atoms with E-state index in [2.05, 4.69) is 15.9 Å². The number of hydrogen-bond donors (Lipinski definition) is 0. The van der Waals surface area contributed by atoms with Crippen molar-refractivity contribution in [1.82, 2.24) is 0 Å². The number of ether oxygens (including phenoxy) is 1. The third kappa shape index (κ3) is 4.54. The van der Waals surface area contributed by atoms with Gasteiger partial charge in [-0.3, -0.25) is 0 Å². The molecule has 0 N–H and O–H groups in total. The Morgan fingerprint density at radius 2 is 1.17 bits per heavy atom. The molecule has 1 nitrogen and oxygen atoms in total. The lowest BCUT2D eigenvalue weighted by molar-refractivity contribution is 0.290. The highest BCUT2D eigenvalue weighted by Crippen LogP contribution is 2.29. The van der Waals surface area contributed by atoms with Crippen molar-refractivity contribution in [2.75, 3.05) is 0 Å². The Balaban J connectivity index is 1.51. The molecule has 0 aromatic heterocycles. The van der Waals surface area contributed by atoms with E-state index in [1.54, 1.807) is 12.1 Å². The van der Waals surface area contributed by atoms with Crippen LogP contribution in [0.15, 0.2) is 95.5 Å². The molecular formula is C25H17BrF2O. The fourth-order valence-electron chi connectivity index (χ4n) is 3.06. The summed E-state index contributed by atoms with van der Waals surface area (Å²) in [7, 11) is 0. The second kappa shape index (κ2) is 8.58. The zero-order chi connectivity index (χ0) is 20.2. The van der Waals surface area contributed by atoms with Crippen LogP contribution in [-0.2, 0) is 6.61 Å². The van der Waals surface area contributed by atoms with Gasteiger partial charge in [-0.05, 0) is 68.0 Å². The first-order chi connectivity index (χ1) is 14.1. The summed E-state index contributed by atoms with van der Waals surface area (Å²) in [6, 6.07) is 27.2. The van der Waals surface area contributed by atoms with Crippen LogP contribution >= 0.6 is 15.9 Å². The largest absolute Gasteiger partial charge is 0.486 e. The van der Waals surface area contributed by atoms with Gasteiger partial charge >= 0.3 is 0 Å². The van der Waals surface area contributed by atoms with Crippen molar-refractivity contribution in [3.8, 4) is 28.0 Å². The molecule has 0 bridgehead atoms. The third-order valence-corrected chi connectivity index (χ3v) is 5.28. The summed E-state index contributed by atoms with van der Waals surface area (Å²) in [5, 5.41) is 0. The number of benzene rings is 4. The Kier molecular flexibility index (Phi) is 5.72. The lowest BCUT2D eigenvalue weighted by Gasteiger charge is -2.10. The maximum absolute atomic E-state index is 14.5. The van der Waals surface area contributed by atoms with E-state index in [1.807, 2.05) is 66.7 Å². The maximum atomic E-state index is 14.5. The fourth-order valence-corrected chi connectivity index (χ4v) is 3.31. The van der Waals surface area contributed by atoms with Crippen molar-refractivity contribution in [3.63, 3.8) is 0 Å². The van der Waals surface area contributed by atoms with Crippen molar-refractivity contribution < 1.29 is 13.5 Å². The quantitative estimate of drug-likeness (QED) is 0.303. The first-order valence-corrected chi connectivity index (χ1v) is 9.91. The van der Waals surface area contributed by atoms with Crippen molar-refractivity contribution in [2.45, 2.75) is 6.61 Å². The SMILES string of the molecule is Fc1cc(-c2ccc(-c3ccc(OCc4ccccc4)c(F)c3)cc2)ccc1Br. The molecule has 4 rings (SSSR count). The molecule has 29 heavy (non-hydrogen) atoms. The van der Waals surface area contributed by atoms with Gasteiger partial charge in [-0.25, -0.2) is 8.78 Å². The van der Waals surface area contributed by atoms with E-state index in [-0.39, 0.29) is 11.6 Å². The summed E-state index contributed by atoms with van der Waals surface area (Å²) in [5.41, 5.74) is 4.29. The normalized spacial score (nSPS) is 10.7. The van der Waals surface area contributed by atoms with Crippen LogP contribution in [0.1, 0.15) is 5.56 Å². The highest BCUT2D eigenvalue weighted by molar-refractivity contribution is 9.10. The van der Waals surface area contributed by atoms with Gasteiger partial charge in [-0.1, -0.05) is 66.7 Å². The fraction of sp³-hybridized carbons (Fsp3) is 0.0400. The third-order valence-electron chi connectivity index (χ3n) is 4.64. The summed E-state index contributed by atoms with van der Waals surface area (Å²) in [6.07, 6.45) is 0. The topological polar surface area (TPSA) is 9.23 Å². The lowest BCUT2D eigenvalue weighted by Crippen LogP contribution is -1.97. The highest BCUT2D eigenvalue weighted by Gasteiger charge is 2.08. The molecule has 0 atom stereocenters. The summed E-state index contributed by atoms with van der Waals surface area (Å²) in [6.45, 7) is 0.315. The van der Waals surface area contributed by atoms with Crippen LogP contribution < -0.4 is 4.74 Å². The minimum atomic E-state index is -0.405. The molecule has 0 heterocycles. The minimum absolute atomic E-state index is 0.222. The molecule has 0 unspecified atom stereocenters. The molecule has 0 saturated heterocycles. The van der Waals surface area contributed by atoms with Gasteiger partial charge < -0.3 is 4.74 Å². The molecular weight excluding hydrogens is 434 g/mol. The van der Waals surface area contributed by atoms with Crippen LogP contribution in [0.5, 0.6) is 5.75 Å². The van der Waals surface area contributed by atoms with Crippen LogP contribution in [0.4, 0.5) is 8.78 Å². The molecule has 0 amide bonds. The van der Waals surface area contributed by atoms with Crippen LogP contribution in [-0.4, -0.2) is 0 Å². The number of halogens is 3. The Morgan fingerprint density at radius 1 is 0.621 bits per heavy atom. The molecule has 0 aliphatic heterocycles. The molecule has 0 saturated carbocycles. The van der Waals surface area contributed by atoms with E-state index in [0.29, 0.717) is 11.1 Å². The second-order valence-corrected chi connectivity index (χ2v) is 7.48. The van der Waals surface area contributed by atoms with Crippen molar-refractivity contribution in [3.05, 3.63) is 113 Å². The van der Waals surface area contributed by atoms with Gasteiger partial charge in [0.1, 0.15) is 12.4 Å². The van der Waals surface area contributed by atoms with E-state index >= 15 is 0 Å². The molecule has 0 aliphatic rings. The van der Waals surface area contributed by atoms with Crippen LogP contribution in [0.2, 0.25) is 0 Å². The number of rotatable bonds is 5. The molecule has 4 aromatic carbocycles. The first-order valence-electron chi connectivity index (χ1n) is 9.12. The molecule has 0 radical (unpaired) electrons. The molecule has 0 spiro atoms. The van der Waals surface area contributed by atoms with Crippen molar-refractivity contribution in [1.29, 1.82) is 0 Å². The second-order valence-electron chi connectivity index (χ2n) is 6.63. The molecule has 0 aliphatic carbocycles. The summed E-state index contributed by atoms with van der Waals surface area (Å²) < 4.78 is 34.3. The lowest BCUT2D eigenvalue weighted by atomic mass is 10.00. The average molecular weight is 451 g/mol. The van der Waals surface area contributed by atoms with E-state index < -0.39 is 5.82 Å². The predicted molar refractivity (Wildman–Crippen MR) is 116 cm³/mol. The molecule has 4 aromatic rings. The summed E-state index contributed by atoms with van der Waals surface area (Å²) in [5.74, 6) is -0.489. The van der Waals surface area contributed by atoms with Gasteiger partial charge in [0, 0.05) is 0 Å². The Hall–Kier alpha value is -2.98. The van der Waals surface area contributed by atoms with Gasteiger partial charge in [0.15, 0.2) is 11.6 Å². The Bertz CT molecular complexity index is 1130. The van der Waals surface area contributed by atoms with Crippen LogP contribution in [0.3, 0.4) is 0 Å². The van der Waals surface area contributed by atoms with E-state index in [0.717, 1.165) is 27.8 Å². The molecule has 144 valence electrons. The first kappa shape index (κ1) is 19.3. The van der Waals surface area contributed by atoms with E-state index in [9.17, 15) is 8.78 Å². The Labute approximate surface area is 176 Å². The monoisotopic (exact) mass is 450 g/mol. The van der Waals surface area contributed by atoms with Gasteiger partial charge in [-0.15, -0.1) is 0 Å². The van der Waals surface area contributed by atoms with E-state index in [1.165, 1.54) is 12.1 Å². The minimum Gasteiger partial charge on any atom is -0.486 e. The van der Waals surface area contributed by atoms with Crippen molar-refractivity contribution >= 4 is 15.9 Å². The van der Waals surface area contributed by atoms with Crippen molar-refractivity contribution in [2.24, 2.45) is 0 Å². The maximum Gasteiger partial charge on any atom is 0.165 e. The molecule has 0 fully saturated rings. The Morgan fingerprint density at radius 3 is 1.76 bits per heavy atom. The summed E-state index contributed by atoms with van der Waals surface area (Å²) in [4.78, 5) is 0. The zero-order valence-corrected chi connectivity index (χ0v) is 17.0. The van der Waals surface area contributed by atoms with E-state index in [4.69, 9.17) is 4.74 Å². The standard InChI is InChI=1S/C25H17BrF2O/c26-22-12-10-20(14-23(22)27)18-6-8-19(9-7-18)21-11-13-25(24(28)15-21)29-16-17-4-2-1-3-5-17/h1-15H,16H2. The van der Waals surface area contributed by atoms with Crippen LogP contribution in [0.25, 0.3) is 22.3 Å². The molecule has 4 heteroatoms. The smallest absolute Gasteiger partial charge is 0.165 e. The zero-order valence-electron chi connectivity index (χ0n) is 15.4. The van der Waals surface area contributed by atoms with Gasteiger partial charge in [0.05, 0.1) is 4.47 Å². The van der Waals surface area contributed by atoms with Gasteiger partial charge in [0.25, 0.3) is 0 Å².